The van der Waals surface area contributed by atoms with Crippen molar-refractivity contribution in [3.05, 3.63) is 47.6 Å². The number of aliphatic hydroxyl groups excluding tert-OH is 1. The van der Waals surface area contributed by atoms with Gasteiger partial charge in [-0.3, -0.25) is 4.79 Å². The molecule has 1 aromatic carbocycles. The fourth-order valence-corrected chi connectivity index (χ4v) is 3.75. The monoisotopic (exact) mass is 435 g/mol. The number of amides is 1. The number of phenols is 1. The first-order chi connectivity index (χ1) is 14.7. The average Bonchev–Trinajstić information content (AvgIpc) is 3.16. The third-order valence-electron chi connectivity index (χ3n) is 5.50. The normalized spacial score (nSPS) is 19.5. The van der Waals surface area contributed by atoms with Gasteiger partial charge in [-0.25, -0.2) is 9.97 Å². The summed E-state index contributed by atoms with van der Waals surface area (Å²) in [5, 5.41) is 21.9. The van der Waals surface area contributed by atoms with Crippen LogP contribution < -0.4 is 5.32 Å². The lowest BCUT2D eigenvalue weighted by atomic mass is 9.82. The fourth-order valence-electron chi connectivity index (χ4n) is 3.75. The Hall–Kier alpha value is -3.14. The van der Waals surface area contributed by atoms with Crippen molar-refractivity contribution in [2.75, 3.05) is 11.9 Å². The molecule has 31 heavy (non-hydrogen) atoms. The van der Waals surface area contributed by atoms with E-state index in [9.17, 15) is 28.2 Å². The third-order valence-corrected chi connectivity index (χ3v) is 5.50. The highest BCUT2D eigenvalue weighted by molar-refractivity contribution is 6.04. The molecule has 1 amide bonds. The van der Waals surface area contributed by atoms with Gasteiger partial charge in [0.25, 0.3) is 5.91 Å². The van der Waals surface area contributed by atoms with Gasteiger partial charge in [0.15, 0.2) is 11.5 Å². The number of hydrogen-bond acceptors (Lipinski definition) is 6. The second-order valence-electron chi connectivity index (χ2n) is 7.65. The second-order valence-corrected chi connectivity index (χ2v) is 7.65. The fraction of sp³-hybridized carbons (Fsp3) is 0.381. The number of aromatic nitrogens is 2. The number of benzene rings is 1. The number of oxazole rings is 1. The van der Waals surface area contributed by atoms with Crippen LogP contribution in [0.5, 0.6) is 5.75 Å². The standard InChI is InChI=1S/C21H20F3N3O4/c22-21(23,24)18-3-1-2-13(25-18)19(30)26-14-9-17-15(8-16(14)29)27-20(31-17)12-6-4-11(10-28)5-7-12/h1-3,8-9,11-12,28-29H,4-7,10H2,(H,26,30). The minimum atomic E-state index is -4.68. The Kier molecular flexibility index (Phi) is 5.57. The number of phenolic OH excluding ortho intramolecular Hbond substituents is 1. The second kappa shape index (κ2) is 8.18. The number of anilines is 1. The van der Waals surface area contributed by atoms with Crippen molar-refractivity contribution in [2.24, 2.45) is 5.92 Å². The van der Waals surface area contributed by atoms with Crippen LogP contribution in [-0.4, -0.2) is 32.7 Å². The molecule has 1 fully saturated rings. The molecule has 1 aliphatic carbocycles. The molecule has 0 unspecified atom stereocenters. The van der Waals surface area contributed by atoms with E-state index in [-0.39, 0.29) is 29.9 Å². The number of carbonyl (C=O) groups is 1. The van der Waals surface area contributed by atoms with Crippen molar-refractivity contribution >= 4 is 22.7 Å². The Morgan fingerprint density at radius 3 is 2.58 bits per heavy atom. The number of aromatic hydroxyl groups is 1. The zero-order chi connectivity index (χ0) is 22.2. The van der Waals surface area contributed by atoms with E-state index in [2.05, 4.69) is 15.3 Å². The van der Waals surface area contributed by atoms with Gasteiger partial charge in [-0.15, -0.1) is 0 Å². The zero-order valence-corrected chi connectivity index (χ0v) is 16.3. The maximum absolute atomic E-state index is 12.8. The Labute approximate surface area is 174 Å². The van der Waals surface area contributed by atoms with Gasteiger partial charge in [0.1, 0.15) is 22.7 Å². The van der Waals surface area contributed by atoms with Crippen molar-refractivity contribution in [2.45, 2.75) is 37.8 Å². The molecule has 7 nitrogen and oxygen atoms in total. The number of nitrogens with one attached hydrogen (secondary N) is 1. The van der Waals surface area contributed by atoms with Crippen molar-refractivity contribution in [1.29, 1.82) is 0 Å². The number of carbonyl (C=O) groups excluding carboxylic acids is 1. The molecule has 0 spiro atoms. The molecule has 1 aliphatic rings. The number of fused-ring (bicyclic) bond motifs is 1. The number of pyridine rings is 1. The van der Waals surface area contributed by atoms with Crippen LogP contribution in [-0.2, 0) is 6.18 Å². The summed E-state index contributed by atoms with van der Waals surface area (Å²) in [6.07, 6.45) is -1.28. The molecular formula is C21H20F3N3O4. The van der Waals surface area contributed by atoms with Gasteiger partial charge in [0.2, 0.25) is 0 Å². The first kappa shape index (κ1) is 21.1. The lowest BCUT2D eigenvalue weighted by molar-refractivity contribution is -0.141. The molecule has 3 N–H and O–H groups in total. The first-order valence-corrected chi connectivity index (χ1v) is 9.84. The Bertz CT molecular complexity index is 1100. The first-order valence-electron chi connectivity index (χ1n) is 9.84. The summed E-state index contributed by atoms with van der Waals surface area (Å²) in [4.78, 5) is 20.1. The van der Waals surface area contributed by atoms with E-state index >= 15 is 0 Å². The molecule has 0 aliphatic heterocycles. The highest BCUT2D eigenvalue weighted by atomic mass is 19.4. The molecule has 1 saturated carbocycles. The summed E-state index contributed by atoms with van der Waals surface area (Å²) in [5.41, 5.74) is -0.899. The van der Waals surface area contributed by atoms with Crippen molar-refractivity contribution in [1.82, 2.24) is 9.97 Å². The van der Waals surface area contributed by atoms with E-state index < -0.39 is 23.5 Å². The van der Waals surface area contributed by atoms with Crippen LogP contribution in [0, 0.1) is 5.92 Å². The van der Waals surface area contributed by atoms with Crippen LogP contribution in [0.4, 0.5) is 18.9 Å². The summed E-state index contributed by atoms with van der Waals surface area (Å²) >= 11 is 0. The van der Waals surface area contributed by atoms with Crippen molar-refractivity contribution in [3.8, 4) is 5.75 Å². The molecule has 10 heteroatoms. The lowest BCUT2D eigenvalue weighted by Crippen LogP contribution is -2.17. The van der Waals surface area contributed by atoms with Gasteiger partial charge in [-0.2, -0.15) is 13.2 Å². The third kappa shape index (κ3) is 4.48. The van der Waals surface area contributed by atoms with E-state index in [0.717, 1.165) is 43.9 Å². The topological polar surface area (TPSA) is 108 Å². The molecule has 164 valence electrons. The van der Waals surface area contributed by atoms with Crippen LogP contribution in [0.25, 0.3) is 11.1 Å². The predicted molar refractivity (Wildman–Crippen MR) is 105 cm³/mol. The van der Waals surface area contributed by atoms with E-state index in [0.29, 0.717) is 17.0 Å². The van der Waals surface area contributed by atoms with Gasteiger partial charge < -0.3 is 19.9 Å². The van der Waals surface area contributed by atoms with Gasteiger partial charge in [-0.1, -0.05) is 6.07 Å². The Balaban J connectivity index is 1.55. The van der Waals surface area contributed by atoms with E-state index in [4.69, 9.17) is 4.42 Å². The Morgan fingerprint density at radius 2 is 1.90 bits per heavy atom. The molecule has 3 aromatic rings. The number of nitrogens with zero attached hydrogens (tertiary/aromatic N) is 2. The van der Waals surface area contributed by atoms with Crippen LogP contribution >= 0.6 is 0 Å². The molecule has 0 saturated heterocycles. The molecule has 4 rings (SSSR count). The minimum Gasteiger partial charge on any atom is -0.506 e. The largest absolute Gasteiger partial charge is 0.506 e. The van der Waals surface area contributed by atoms with Gasteiger partial charge >= 0.3 is 6.18 Å². The average molecular weight is 435 g/mol. The van der Waals surface area contributed by atoms with Crippen molar-refractivity contribution in [3.63, 3.8) is 0 Å². The number of alkyl halides is 3. The molecule has 2 heterocycles. The lowest BCUT2D eigenvalue weighted by Gasteiger charge is -2.24. The summed E-state index contributed by atoms with van der Waals surface area (Å²) in [6.45, 7) is 0.165. The maximum Gasteiger partial charge on any atom is 0.433 e. The minimum absolute atomic E-state index is 0.0246. The number of rotatable bonds is 4. The quantitative estimate of drug-likeness (QED) is 0.522. The maximum atomic E-state index is 12.8. The van der Waals surface area contributed by atoms with Crippen LogP contribution in [0.15, 0.2) is 34.7 Å². The van der Waals surface area contributed by atoms with E-state index in [1.54, 1.807) is 0 Å². The van der Waals surface area contributed by atoms with Crippen LogP contribution in [0.1, 0.15) is 53.7 Å². The van der Waals surface area contributed by atoms with Crippen LogP contribution in [0.2, 0.25) is 0 Å². The van der Waals surface area contributed by atoms with Gasteiger partial charge in [0, 0.05) is 24.7 Å². The summed E-state index contributed by atoms with van der Waals surface area (Å²) in [6, 6.07) is 5.71. The van der Waals surface area contributed by atoms with E-state index in [1.165, 1.54) is 12.1 Å². The molecule has 0 atom stereocenters. The predicted octanol–water partition coefficient (Wildman–Crippen LogP) is 4.47. The van der Waals surface area contributed by atoms with Gasteiger partial charge in [-0.05, 0) is 43.7 Å². The zero-order valence-electron chi connectivity index (χ0n) is 16.3. The van der Waals surface area contributed by atoms with Crippen molar-refractivity contribution < 1.29 is 32.6 Å². The number of hydrogen-bond donors (Lipinski definition) is 3. The number of halogens is 3. The highest BCUT2D eigenvalue weighted by Gasteiger charge is 2.33. The smallest absolute Gasteiger partial charge is 0.433 e. The Morgan fingerprint density at radius 1 is 1.16 bits per heavy atom. The summed E-state index contributed by atoms with van der Waals surface area (Å²) < 4.78 is 44.3. The molecule has 2 aromatic heterocycles. The van der Waals surface area contributed by atoms with Crippen LogP contribution in [0.3, 0.4) is 0 Å². The SMILES string of the molecule is O=C(Nc1cc2oc(C3CCC(CO)CC3)nc2cc1O)c1cccc(C(F)(F)F)n1. The molecular weight excluding hydrogens is 415 g/mol. The summed E-state index contributed by atoms with van der Waals surface area (Å²) in [5.74, 6) is -0.283. The molecule has 0 radical (unpaired) electrons. The van der Waals surface area contributed by atoms with E-state index in [1.807, 2.05) is 0 Å². The molecule has 0 bridgehead atoms. The highest BCUT2D eigenvalue weighted by Crippen LogP contribution is 2.38. The summed E-state index contributed by atoms with van der Waals surface area (Å²) in [7, 11) is 0. The number of aliphatic hydroxyl groups is 1. The van der Waals surface area contributed by atoms with Gasteiger partial charge in [0.05, 0.1) is 5.69 Å².